The van der Waals surface area contributed by atoms with E-state index in [-0.39, 0.29) is 0 Å². The molecule has 0 atom stereocenters. The van der Waals surface area contributed by atoms with Crippen molar-refractivity contribution in [3.05, 3.63) is 82.9 Å². The van der Waals surface area contributed by atoms with E-state index in [1.807, 2.05) is 66.3 Å². The second kappa shape index (κ2) is 7.85. The minimum Gasteiger partial charge on any atom is -0.387 e. The van der Waals surface area contributed by atoms with Gasteiger partial charge in [0.25, 0.3) is 0 Å². The van der Waals surface area contributed by atoms with Crippen LogP contribution in [0.25, 0.3) is 16.9 Å². The summed E-state index contributed by atoms with van der Waals surface area (Å²) in [7, 11) is 1.84. The fraction of sp³-hybridized carbons (Fsp3) is 0.130. The summed E-state index contributed by atoms with van der Waals surface area (Å²) in [5.74, 6) is 1.22. The van der Waals surface area contributed by atoms with Crippen molar-refractivity contribution in [3.8, 4) is 0 Å². The molecule has 3 aromatic heterocycles. The molecular formula is C23H20ClN7. The highest BCUT2D eigenvalue weighted by Crippen LogP contribution is 2.35. The zero-order chi connectivity index (χ0) is 21.4. The molecule has 0 amide bonds. The molecule has 7 nitrogen and oxygen atoms in total. The Morgan fingerprint density at radius 2 is 1.90 bits per heavy atom. The Labute approximate surface area is 184 Å². The maximum Gasteiger partial charge on any atom is 0.228 e. The molecule has 0 radical (unpaired) electrons. The average Bonchev–Trinajstić information content (AvgIpc) is 3.19. The Morgan fingerprint density at radius 3 is 2.74 bits per heavy atom. The topological polar surface area (TPSA) is 91.0 Å². The lowest BCUT2D eigenvalue weighted by atomic mass is 9.87. The second-order valence-corrected chi connectivity index (χ2v) is 7.63. The third-order valence-electron chi connectivity index (χ3n) is 5.35. The van der Waals surface area contributed by atoms with E-state index in [1.165, 1.54) is 0 Å². The van der Waals surface area contributed by atoms with E-state index in [4.69, 9.17) is 22.0 Å². The van der Waals surface area contributed by atoms with Gasteiger partial charge in [-0.1, -0.05) is 35.9 Å². The van der Waals surface area contributed by atoms with Crippen LogP contribution in [-0.2, 0) is 6.42 Å². The molecule has 1 aliphatic rings. The van der Waals surface area contributed by atoms with E-state index in [2.05, 4.69) is 20.6 Å². The second-order valence-electron chi connectivity index (χ2n) is 7.22. The van der Waals surface area contributed by atoms with Gasteiger partial charge >= 0.3 is 0 Å². The minimum absolute atomic E-state index is 0.450. The highest BCUT2D eigenvalue weighted by molar-refractivity contribution is 6.35. The zero-order valence-electron chi connectivity index (χ0n) is 16.9. The summed E-state index contributed by atoms with van der Waals surface area (Å²) >= 11 is 6.47. The Balaban J connectivity index is 1.63. The molecule has 8 heteroatoms. The number of imidazole rings is 1. The number of benzene rings is 1. The Hall–Kier alpha value is -3.71. The Bertz CT molecular complexity index is 1340. The van der Waals surface area contributed by atoms with Gasteiger partial charge in [-0.25, -0.2) is 15.0 Å². The molecule has 5 rings (SSSR count). The lowest BCUT2D eigenvalue weighted by Gasteiger charge is -2.23. The van der Waals surface area contributed by atoms with Crippen molar-refractivity contribution in [1.82, 2.24) is 24.7 Å². The molecule has 3 heterocycles. The van der Waals surface area contributed by atoms with Gasteiger partial charge < -0.3 is 16.0 Å². The number of pyridine rings is 1. The third kappa shape index (κ3) is 3.43. The van der Waals surface area contributed by atoms with Gasteiger partial charge in [-0.2, -0.15) is 0 Å². The third-order valence-corrected chi connectivity index (χ3v) is 5.68. The van der Waals surface area contributed by atoms with Crippen LogP contribution in [0.15, 0.2) is 61.1 Å². The summed E-state index contributed by atoms with van der Waals surface area (Å²) in [6.07, 6.45) is 6.87. The standard InChI is InChI=1S/C23H20ClN7/c1-26-22(15-6-2-3-7-16(15)24)20-17(25)10-9-14-12-28-23(30-21(14)20)29-19-13-27-18-8-4-5-11-31(18)19/h2-8,11-13,25-26H,9-10H2,1H3,(H,28,29,30)/b22-20+,25-17?. The SMILES string of the molecule is CN/C(=C1\C(=N)CCc2cnc(Nc3cnc4ccccn34)nc21)c1ccccc1Cl. The molecule has 0 bridgehead atoms. The molecule has 0 saturated carbocycles. The highest BCUT2D eigenvalue weighted by atomic mass is 35.5. The van der Waals surface area contributed by atoms with Crippen LogP contribution in [0.3, 0.4) is 0 Å². The first-order chi connectivity index (χ1) is 15.2. The fourth-order valence-electron chi connectivity index (χ4n) is 3.86. The summed E-state index contributed by atoms with van der Waals surface area (Å²) in [5, 5.41) is 15.8. The summed E-state index contributed by atoms with van der Waals surface area (Å²) in [5.41, 5.74) is 5.49. The van der Waals surface area contributed by atoms with Crippen LogP contribution >= 0.6 is 11.6 Å². The maximum absolute atomic E-state index is 8.67. The number of aryl methyl sites for hydroxylation is 1. The van der Waals surface area contributed by atoms with Crippen molar-refractivity contribution in [3.63, 3.8) is 0 Å². The van der Waals surface area contributed by atoms with Gasteiger partial charge in [0.2, 0.25) is 5.95 Å². The monoisotopic (exact) mass is 429 g/mol. The Kier molecular flexibility index (Phi) is 4.88. The van der Waals surface area contributed by atoms with Gasteiger partial charge in [0.05, 0.1) is 17.6 Å². The molecule has 0 aliphatic heterocycles. The van der Waals surface area contributed by atoms with Gasteiger partial charge in [0, 0.05) is 41.3 Å². The molecule has 0 spiro atoms. The molecule has 31 heavy (non-hydrogen) atoms. The summed E-state index contributed by atoms with van der Waals surface area (Å²) in [4.78, 5) is 13.7. The lowest BCUT2D eigenvalue weighted by Crippen LogP contribution is -2.20. The van der Waals surface area contributed by atoms with E-state index < -0.39 is 0 Å². The van der Waals surface area contributed by atoms with Crippen LogP contribution in [-0.4, -0.2) is 32.1 Å². The van der Waals surface area contributed by atoms with Crippen LogP contribution in [0.2, 0.25) is 5.02 Å². The largest absolute Gasteiger partial charge is 0.387 e. The van der Waals surface area contributed by atoms with Gasteiger partial charge in [-0.15, -0.1) is 0 Å². The molecule has 1 aromatic carbocycles. The number of allylic oxidation sites excluding steroid dienone is 1. The van der Waals surface area contributed by atoms with E-state index in [9.17, 15) is 0 Å². The number of halogens is 1. The quantitative estimate of drug-likeness (QED) is 0.442. The molecule has 0 unspecified atom stereocenters. The normalized spacial score (nSPS) is 15.0. The molecule has 4 aromatic rings. The highest BCUT2D eigenvalue weighted by Gasteiger charge is 2.26. The smallest absolute Gasteiger partial charge is 0.228 e. The number of anilines is 2. The first kappa shape index (κ1) is 19.3. The zero-order valence-corrected chi connectivity index (χ0v) is 17.6. The lowest BCUT2D eigenvalue weighted by molar-refractivity contribution is 0.953. The van der Waals surface area contributed by atoms with Crippen LogP contribution in [0.4, 0.5) is 11.8 Å². The van der Waals surface area contributed by atoms with Gasteiger partial charge in [0.15, 0.2) is 0 Å². The maximum atomic E-state index is 8.67. The van der Waals surface area contributed by atoms with Crippen LogP contribution in [0.5, 0.6) is 0 Å². The number of hydrogen-bond acceptors (Lipinski definition) is 6. The number of hydrogen-bond donors (Lipinski definition) is 3. The van der Waals surface area contributed by atoms with Gasteiger partial charge in [-0.3, -0.25) is 4.40 Å². The van der Waals surface area contributed by atoms with Crippen LogP contribution in [0.1, 0.15) is 23.2 Å². The molecule has 1 aliphatic carbocycles. The average molecular weight is 430 g/mol. The number of fused-ring (bicyclic) bond motifs is 2. The first-order valence-corrected chi connectivity index (χ1v) is 10.3. The number of nitrogens with zero attached hydrogens (tertiary/aromatic N) is 4. The summed E-state index contributed by atoms with van der Waals surface area (Å²) < 4.78 is 1.93. The molecular weight excluding hydrogens is 410 g/mol. The van der Waals surface area contributed by atoms with E-state index in [0.717, 1.165) is 46.0 Å². The van der Waals surface area contributed by atoms with Crippen molar-refractivity contribution >= 4 is 46.0 Å². The predicted molar refractivity (Wildman–Crippen MR) is 124 cm³/mol. The number of rotatable bonds is 4. The first-order valence-electron chi connectivity index (χ1n) is 9.96. The van der Waals surface area contributed by atoms with Crippen LogP contribution < -0.4 is 10.6 Å². The van der Waals surface area contributed by atoms with Gasteiger partial charge in [0.1, 0.15) is 11.5 Å². The molecule has 0 fully saturated rings. The Morgan fingerprint density at radius 1 is 1.06 bits per heavy atom. The van der Waals surface area contributed by atoms with Crippen molar-refractivity contribution < 1.29 is 0 Å². The van der Waals surface area contributed by atoms with E-state index in [0.29, 0.717) is 23.1 Å². The van der Waals surface area contributed by atoms with Gasteiger partial charge in [-0.05, 0) is 36.6 Å². The van der Waals surface area contributed by atoms with E-state index >= 15 is 0 Å². The van der Waals surface area contributed by atoms with Crippen molar-refractivity contribution in [2.45, 2.75) is 12.8 Å². The molecule has 0 saturated heterocycles. The molecule has 3 N–H and O–H groups in total. The number of nitrogens with one attached hydrogen (secondary N) is 3. The summed E-state index contributed by atoms with van der Waals surface area (Å²) in [6, 6.07) is 13.4. The van der Waals surface area contributed by atoms with Crippen molar-refractivity contribution in [1.29, 1.82) is 5.41 Å². The summed E-state index contributed by atoms with van der Waals surface area (Å²) in [6.45, 7) is 0. The predicted octanol–water partition coefficient (Wildman–Crippen LogP) is 4.57. The van der Waals surface area contributed by atoms with Crippen molar-refractivity contribution in [2.24, 2.45) is 0 Å². The molecule has 154 valence electrons. The van der Waals surface area contributed by atoms with E-state index in [1.54, 1.807) is 6.20 Å². The fourth-order valence-corrected chi connectivity index (χ4v) is 4.09. The van der Waals surface area contributed by atoms with Crippen molar-refractivity contribution in [2.75, 3.05) is 12.4 Å². The number of aromatic nitrogens is 4. The van der Waals surface area contributed by atoms with Crippen LogP contribution in [0, 0.1) is 5.41 Å². The minimum atomic E-state index is 0.450.